The third-order valence-electron chi connectivity index (χ3n) is 2.40. The molecule has 3 nitrogen and oxygen atoms in total. The molecule has 0 spiro atoms. The number of aromatic nitrogens is 2. The number of imidazole rings is 1. The second kappa shape index (κ2) is 4.60. The highest BCUT2D eigenvalue weighted by Gasteiger charge is 2.17. The average Bonchev–Trinajstić information content (AvgIpc) is 2.53. The van der Waals surface area contributed by atoms with Crippen LogP contribution in [0.25, 0.3) is 0 Å². The van der Waals surface area contributed by atoms with E-state index in [1.807, 2.05) is 6.20 Å². The van der Waals surface area contributed by atoms with Gasteiger partial charge < -0.3 is 10.7 Å². The Balaban J connectivity index is 2.59. The van der Waals surface area contributed by atoms with Gasteiger partial charge in [0.1, 0.15) is 5.82 Å². The number of aryl methyl sites for hydroxylation is 1. The van der Waals surface area contributed by atoms with Crippen LogP contribution in [0, 0.1) is 5.41 Å². The van der Waals surface area contributed by atoms with Crippen molar-refractivity contribution in [2.45, 2.75) is 40.0 Å². The monoisotopic (exact) mass is 195 g/mol. The van der Waals surface area contributed by atoms with Gasteiger partial charge in [-0.05, 0) is 18.4 Å². The van der Waals surface area contributed by atoms with Gasteiger partial charge in [0.25, 0.3) is 0 Å². The molecule has 3 heteroatoms. The Bertz CT molecular complexity index is 276. The lowest BCUT2D eigenvalue weighted by atomic mass is 9.89. The van der Waals surface area contributed by atoms with Crippen molar-refractivity contribution >= 4 is 0 Å². The van der Waals surface area contributed by atoms with Gasteiger partial charge in [-0.15, -0.1) is 0 Å². The van der Waals surface area contributed by atoms with E-state index < -0.39 is 0 Å². The Hall–Kier alpha value is -0.830. The molecule has 0 atom stereocenters. The molecule has 0 aliphatic heterocycles. The molecule has 0 bridgehead atoms. The molecule has 0 fully saturated rings. The van der Waals surface area contributed by atoms with Crippen LogP contribution in [0.1, 0.15) is 38.7 Å². The summed E-state index contributed by atoms with van der Waals surface area (Å²) < 4.78 is 0. The minimum atomic E-state index is 0.140. The predicted molar refractivity (Wildman–Crippen MR) is 59.1 cm³/mol. The Morgan fingerprint density at radius 2 is 2.21 bits per heavy atom. The maximum Gasteiger partial charge on any atom is 0.106 e. The van der Waals surface area contributed by atoms with E-state index in [2.05, 4.69) is 30.7 Å². The molecule has 0 aliphatic carbocycles. The number of nitrogens with zero attached hydrogens (tertiary/aromatic N) is 1. The lowest BCUT2D eigenvalue weighted by molar-refractivity contribution is 0.369. The molecule has 1 aromatic heterocycles. The lowest BCUT2D eigenvalue weighted by Gasteiger charge is -2.20. The summed E-state index contributed by atoms with van der Waals surface area (Å²) in [5, 5.41) is 0. The first kappa shape index (κ1) is 11.2. The largest absolute Gasteiger partial charge is 0.346 e. The summed E-state index contributed by atoms with van der Waals surface area (Å²) in [5.74, 6) is 1.06. The van der Waals surface area contributed by atoms with E-state index in [0.717, 1.165) is 25.1 Å². The fourth-order valence-corrected chi connectivity index (χ4v) is 1.42. The zero-order chi connectivity index (χ0) is 10.6. The molecule has 0 aromatic carbocycles. The normalized spacial score (nSPS) is 12.0. The maximum absolute atomic E-state index is 5.68. The van der Waals surface area contributed by atoms with Crippen molar-refractivity contribution < 1.29 is 0 Å². The molecule has 0 aliphatic rings. The smallest absolute Gasteiger partial charge is 0.106 e. The highest BCUT2D eigenvalue weighted by molar-refractivity contribution is 5.03. The molecular formula is C11H21N3. The van der Waals surface area contributed by atoms with Crippen molar-refractivity contribution in [3.63, 3.8) is 0 Å². The van der Waals surface area contributed by atoms with E-state index >= 15 is 0 Å². The van der Waals surface area contributed by atoms with Crippen LogP contribution < -0.4 is 5.73 Å². The summed E-state index contributed by atoms with van der Waals surface area (Å²) in [7, 11) is 0. The van der Waals surface area contributed by atoms with Crippen LogP contribution in [0.15, 0.2) is 6.20 Å². The number of rotatable bonds is 5. The number of aromatic amines is 1. The minimum absolute atomic E-state index is 0.140. The van der Waals surface area contributed by atoms with Crippen LogP contribution >= 0.6 is 0 Å². The first-order valence-electron chi connectivity index (χ1n) is 5.30. The minimum Gasteiger partial charge on any atom is -0.346 e. The molecular weight excluding hydrogens is 174 g/mol. The Morgan fingerprint density at radius 3 is 2.79 bits per heavy atom. The van der Waals surface area contributed by atoms with Crippen LogP contribution in [0.5, 0.6) is 0 Å². The number of hydrogen-bond donors (Lipinski definition) is 2. The van der Waals surface area contributed by atoms with Crippen molar-refractivity contribution in [1.82, 2.24) is 9.97 Å². The Labute approximate surface area is 86.1 Å². The molecule has 0 saturated heterocycles. The standard InChI is InChI=1S/C11H21N3/c1-4-5-9-7-13-10(14-9)6-11(2,3)8-12/h7H,4-6,8,12H2,1-3H3,(H,13,14). The fourth-order valence-electron chi connectivity index (χ4n) is 1.42. The summed E-state index contributed by atoms with van der Waals surface area (Å²) in [4.78, 5) is 7.69. The topological polar surface area (TPSA) is 54.7 Å². The van der Waals surface area contributed by atoms with E-state index in [1.54, 1.807) is 0 Å². The molecule has 1 aromatic rings. The lowest BCUT2D eigenvalue weighted by Crippen LogP contribution is -2.26. The van der Waals surface area contributed by atoms with E-state index in [1.165, 1.54) is 5.69 Å². The zero-order valence-corrected chi connectivity index (χ0v) is 9.43. The average molecular weight is 195 g/mol. The molecule has 0 saturated carbocycles. The first-order chi connectivity index (χ1) is 6.57. The van der Waals surface area contributed by atoms with Gasteiger partial charge in [0, 0.05) is 18.3 Å². The number of nitrogens with one attached hydrogen (secondary N) is 1. The molecule has 80 valence electrons. The first-order valence-corrected chi connectivity index (χ1v) is 5.30. The SMILES string of the molecule is CCCc1cnc(CC(C)(C)CN)[nH]1. The van der Waals surface area contributed by atoms with Crippen molar-refractivity contribution in [3.8, 4) is 0 Å². The summed E-state index contributed by atoms with van der Waals surface area (Å²) >= 11 is 0. The van der Waals surface area contributed by atoms with Gasteiger partial charge in [-0.25, -0.2) is 4.98 Å². The van der Waals surface area contributed by atoms with Crippen LogP contribution in [0.2, 0.25) is 0 Å². The summed E-state index contributed by atoms with van der Waals surface area (Å²) in [6, 6.07) is 0. The van der Waals surface area contributed by atoms with Gasteiger partial charge in [-0.1, -0.05) is 27.2 Å². The quantitative estimate of drug-likeness (QED) is 0.754. The van der Waals surface area contributed by atoms with Crippen LogP contribution in [-0.2, 0) is 12.8 Å². The van der Waals surface area contributed by atoms with Crippen LogP contribution in [0.3, 0.4) is 0 Å². The molecule has 1 rings (SSSR count). The molecule has 14 heavy (non-hydrogen) atoms. The number of nitrogens with two attached hydrogens (primary N) is 1. The van der Waals surface area contributed by atoms with Gasteiger partial charge in [0.2, 0.25) is 0 Å². The predicted octanol–water partition coefficient (Wildman–Crippen LogP) is 1.89. The van der Waals surface area contributed by atoms with E-state index in [0.29, 0.717) is 6.54 Å². The van der Waals surface area contributed by atoms with Gasteiger partial charge in [-0.3, -0.25) is 0 Å². The highest BCUT2D eigenvalue weighted by atomic mass is 14.9. The second-order valence-corrected chi connectivity index (χ2v) is 4.65. The molecule has 0 amide bonds. The molecule has 1 heterocycles. The van der Waals surface area contributed by atoms with Gasteiger partial charge in [0.15, 0.2) is 0 Å². The van der Waals surface area contributed by atoms with Crippen molar-refractivity contribution in [3.05, 3.63) is 17.7 Å². The van der Waals surface area contributed by atoms with Crippen molar-refractivity contribution in [2.75, 3.05) is 6.54 Å². The Kier molecular flexibility index (Phi) is 3.69. The zero-order valence-electron chi connectivity index (χ0n) is 9.43. The van der Waals surface area contributed by atoms with Crippen molar-refractivity contribution in [1.29, 1.82) is 0 Å². The third-order valence-corrected chi connectivity index (χ3v) is 2.40. The molecule has 0 radical (unpaired) electrons. The summed E-state index contributed by atoms with van der Waals surface area (Å²) in [6.07, 6.45) is 5.09. The summed E-state index contributed by atoms with van der Waals surface area (Å²) in [5.41, 5.74) is 7.05. The maximum atomic E-state index is 5.68. The van der Waals surface area contributed by atoms with Crippen LogP contribution in [-0.4, -0.2) is 16.5 Å². The highest BCUT2D eigenvalue weighted by Crippen LogP contribution is 2.18. The van der Waals surface area contributed by atoms with E-state index in [4.69, 9.17) is 5.73 Å². The van der Waals surface area contributed by atoms with E-state index in [9.17, 15) is 0 Å². The van der Waals surface area contributed by atoms with Crippen molar-refractivity contribution in [2.24, 2.45) is 11.1 Å². The van der Waals surface area contributed by atoms with E-state index in [-0.39, 0.29) is 5.41 Å². The molecule has 0 unspecified atom stereocenters. The number of H-pyrrole nitrogens is 1. The second-order valence-electron chi connectivity index (χ2n) is 4.65. The summed E-state index contributed by atoms with van der Waals surface area (Å²) in [6.45, 7) is 7.19. The van der Waals surface area contributed by atoms with Gasteiger partial charge in [0.05, 0.1) is 0 Å². The van der Waals surface area contributed by atoms with Gasteiger partial charge in [-0.2, -0.15) is 0 Å². The Morgan fingerprint density at radius 1 is 1.50 bits per heavy atom. The van der Waals surface area contributed by atoms with Crippen LogP contribution in [0.4, 0.5) is 0 Å². The van der Waals surface area contributed by atoms with Gasteiger partial charge >= 0.3 is 0 Å². The third kappa shape index (κ3) is 3.14. The molecule has 3 N–H and O–H groups in total. The number of hydrogen-bond acceptors (Lipinski definition) is 2. The fraction of sp³-hybridized carbons (Fsp3) is 0.727.